The Kier molecular flexibility index (Phi) is 7.45. The van der Waals surface area contributed by atoms with Crippen LogP contribution in [0.15, 0.2) is 18.2 Å². The van der Waals surface area contributed by atoms with Crippen molar-refractivity contribution in [1.82, 2.24) is 5.32 Å². The van der Waals surface area contributed by atoms with Gasteiger partial charge in [-0.3, -0.25) is 0 Å². The van der Waals surface area contributed by atoms with Gasteiger partial charge in [0.15, 0.2) is 11.5 Å². The Morgan fingerprint density at radius 2 is 1.80 bits per heavy atom. The maximum atomic E-state index is 5.81. The molecule has 20 heavy (non-hydrogen) atoms. The minimum absolute atomic E-state index is 0.510. The van der Waals surface area contributed by atoms with Crippen LogP contribution in [0.3, 0.4) is 0 Å². The van der Waals surface area contributed by atoms with Gasteiger partial charge >= 0.3 is 0 Å². The second kappa shape index (κ2) is 8.85. The third kappa shape index (κ3) is 5.83. The molecule has 0 saturated carbocycles. The van der Waals surface area contributed by atoms with Gasteiger partial charge < -0.3 is 14.8 Å². The van der Waals surface area contributed by atoms with E-state index in [1.807, 2.05) is 13.0 Å². The molecule has 0 aliphatic heterocycles. The third-order valence-electron chi connectivity index (χ3n) is 3.15. The molecule has 1 atom stereocenters. The lowest BCUT2D eigenvalue weighted by Gasteiger charge is -2.16. The van der Waals surface area contributed by atoms with Gasteiger partial charge in [0, 0.05) is 12.6 Å². The van der Waals surface area contributed by atoms with Crippen molar-refractivity contribution in [1.29, 1.82) is 0 Å². The van der Waals surface area contributed by atoms with E-state index in [9.17, 15) is 0 Å². The van der Waals surface area contributed by atoms with Gasteiger partial charge in [-0.2, -0.15) is 0 Å². The lowest BCUT2D eigenvalue weighted by atomic mass is 10.1. The second-order valence-electron chi connectivity index (χ2n) is 5.61. The Hall–Kier alpha value is -1.22. The van der Waals surface area contributed by atoms with Crippen LogP contribution in [0.25, 0.3) is 0 Å². The van der Waals surface area contributed by atoms with Crippen molar-refractivity contribution < 1.29 is 9.47 Å². The Morgan fingerprint density at radius 3 is 2.40 bits per heavy atom. The van der Waals surface area contributed by atoms with Crippen LogP contribution >= 0.6 is 0 Å². The summed E-state index contributed by atoms with van der Waals surface area (Å²) in [6.45, 7) is 12.9. The van der Waals surface area contributed by atoms with Crippen molar-refractivity contribution in [3.8, 4) is 11.5 Å². The number of ether oxygens (including phenoxy) is 2. The van der Waals surface area contributed by atoms with Gasteiger partial charge in [-0.1, -0.05) is 26.8 Å². The Balaban J connectivity index is 2.72. The van der Waals surface area contributed by atoms with E-state index < -0.39 is 0 Å². The molecule has 0 saturated heterocycles. The molecule has 0 aromatic heterocycles. The zero-order valence-corrected chi connectivity index (χ0v) is 13.5. The number of nitrogens with one attached hydrogen (secondary N) is 1. The molecule has 1 N–H and O–H groups in total. The predicted molar refractivity (Wildman–Crippen MR) is 84.5 cm³/mol. The molecule has 1 aromatic carbocycles. The molecule has 1 rings (SSSR count). The number of rotatable bonds is 9. The van der Waals surface area contributed by atoms with Crippen LogP contribution in [0, 0.1) is 5.92 Å². The first-order valence-electron chi connectivity index (χ1n) is 7.68. The quantitative estimate of drug-likeness (QED) is 0.741. The van der Waals surface area contributed by atoms with Gasteiger partial charge in [0.1, 0.15) is 0 Å². The standard InChI is InChI=1S/C17H29NO2/c1-6-14(5)18-11-15-8-9-16(20-12-13(3)4)17(10-15)19-7-2/h8-10,13-14,18H,6-7,11-12H2,1-5H3. The molecule has 0 aliphatic rings. The highest BCUT2D eigenvalue weighted by Gasteiger charge is 2.08. The number of hydrogen-bond donors (Lipinski definition) is 1. The first kappa shape index (κ1) is 16.8. The van der Waals surface area contributed by atoms with Gasteiger partial charge in [-0.25, -0.2) is 0 Å². The van der Waals surface area contributed by atoms with Crippen LogP contribution in [-0.4, -0.2) is 19.3 Å². The molecule has 1 unspecified atom stereocenters. The van der Waals surface area contributed by atoms with Crippen LogP contribution in [0.4, 0.5) is 0 Å². The van der Waals surface area contributed by atoms with Crippen molar-refractivity contribution in [2.75, 3.05) is 13.2 Å². The molecule has 0 spiro atoms. The highest BCUT2D eigenvalue weighted by Crippen LogP contribution is 2.29. The molecule has 0 heterocycles. The molecular formula is C17H29NO2. The molecule has 0 radical (unpaired) electrons. The first-order valence-corrected chi connectivity index (χ1v) is 7.68. The molecule has 0 fully saturated rings. The summed E-state index contributed by atoms with van der Waals surface area (Å²) in [4.78, 5) is 0. The van der Waals surface area contributed by atoms with Crippen molar-refractivity contribution in [3.63, 3.8) is 0 Å². The Labute approximate surface area is 123 Å². The molecule has 0 bridgehead atoms. The van der Waals surface area contributed by atoms with Crippen molar-refractivity contribution in [2.45, 2.75) is 53.6 Å². The average Bonchev–Trinajstić information content (AvgIpc) is 2.43. The number of hydrogen-bond acceptors (Lipinski definition) is 3. The van der Waals surface area contributed by atoms with Crippen molar-refractivity contribution >= 4 is 0 Å². The Morgan fingerprint density at radius 1 is 1.05 bits per heavy atom. The molecule has 114 valence electrons. The largest absolute Gasteiger partial charge is 0.490 e. The van der Waals surface area contributed by atoms with Crippen molar-refractivity contribution in [2.24, 2.45) is 5.92 Å². The number of benzene rings is 1. The minimum Gasteiger partial charge on any atom is -0.490 e. The average molecular weight is 279 g/mol. The van der Waals surface area contributed by atoms with E-state index in [0.29, 0.717) is 25.2 Å². The summed E-state index contributed by atoms with van der Waals surface area (Å²) < 4.78 is 11.5. The fourth-order valence-corrected chi connectivity index (χ4v) is 1.74. The van der Waals surface area contributed by atoms with Gasteiger partial charge in [0.05, 0.1) is 13.2 Å². The first-order chi connectivity index (χ1) is 9.56. The fourth-order valence-electron chi connectivity index (χ4n) is 1.74. The van der Waals surface area contributed by atoms with Gasteiger partial charge in [0.25, 0.3) is 0 Å². The van der Waals surface area contributed by atoms with E-state index in [0.717, 1.165) is 24.5 Å². The highest BCUT2D eigenvalue weighted by atomic mass is 16.5. The van der Waals surface area contributed by atoms with Crippen LogP contribution in [0.1, 0.15) is 46.6 Å². The highest BCUT2D eigenvalue weighted by molar-refractivity contribution is 5.43. The van der Waals surface area contributed by atoms with Gasteiger partial charge in [0.2, 0.25) is 0 Å². The zero-order chi connectivity index (χ0) is 15.0. The summed E-state index contributed by atoms with van der Waals surface area (Å²) in [7, 11) is 0. The van der Waals surface area contributed by atoms with Crippen LogP contribution in [-0.2, 0) is 6.54 Å². The molecule has 3 heteroatoms. The smallest absolute Gasteiger partial charge is 0.161 e. The van der Waals surface area contributed by atoms with Crippen LogP contribution < -0.4 is 14.8 Å². The molecule has 0 amide bonds. The summed E-state index contributed by atoms with van der Waals surface area (Å²) in [5, 5.41) is 3.49. The maximum absolute atomic E-state index is 5.81. The fraction of sp³-hybridized carbons (Fsp3) is 0.647. The summed E-state index contributed by atoms with van der Waals surface area (Å²) in [6.07, 6.45) is 1.13. The molecule has 1 aromatic rings. The SMILES string of the molecule is CCOc1cc(CNC(C)CC)ccc1OCC(C)C. The van der Waals surface area contributed by atoms with Crippen LogP contribution in [0.2, 0.25) is 0 Å². The van der Waals surface area contributed by atoms with Crippen molar-refractivity contribution in [3.05, 3.63) is 23.8 Å². The lowest BCUT2D eigenvalue weighted by molar-refractivity contribution is 0.248. The van der Waals surface area contributed by atoms with E-state index in [2.05, 4.69) is 45.1 Å². The normalized spacial score (nSPS) is 12.5. The second-order valence-corrected chi connectivity index (χ2v) is 5.61. The summed E-state index contributed by atoms with van der Waals surface area (Å²) >= 11 is 0. The monoisotopic (exact) mass is 279 g/mol. The molecular weight excluding hydrogens is 250 g/mol. The van der Waals surface area contributed by atoms with Gasteiger partial charge in [-0.15, -0.1) is 0 Å². The zero-order valence-electron chi connectivity index (χ0n) is 13.5. The molecule has 3 nitrogen and oxygen atoms in total. The van der Waals surface area contributed by atoms with Crippen LogP contribution in [0.5, 0.6) is 11.5 Å². The van der Waals surface area contributed by atoms with E-state index >= 15 is 0 Å². The lowest BCUT2D eigenvalue weighted by Crippen LogP contribution is -2.24. The molecule has 0 aliphatic carbocycles. The van der Waals surface area contributed by atoms with E-state index in [1.54, 1.807) is 0 Å². The third-order valence-corrected chi connectivity index (χ3v) is 3.15. The summed E-state index contributed by atoms with van der Waals surface area (Å²) in [5.74, 6) is 2.20. The topological polar surface area (TPSA) is 30.5 Å². The van der Waals surface area contributed by atoms with Gasteiger partial charge in [-0.05, 0) is 43.9 Å². The van der Waals surface area contributed by atoms with E-state index in [4.69, 9.17) is 9.47 Å². The predicted octanol–water partition coefficient (Wildman–Crippen LogP) is 4.01. The summed E-state index contributed by atoms with van der Waals surface area (Å²) in [6, 6.07) is 6.73. The maximum Gasteiger partial charge on any atom is 0.161 e. The van der Waals surface area contributed by atoms with E-state index in [-0.39, 0.29) is 0 Å². The summed E-state index contributed by atoms with van der Waals surface area (Å²) in [5.41, 5.74) is 1.23. The minimum atomic E-state index is 0.510. The van der Waals surface area contributed by atoms with E-state index in [1.165, 1.54) is 5.56 Å². The Bertz CT molecular complexity index is 391.